The van der Waals surface area contributed by atoms with E-state index in [2.05, 4.69) is 10.3 Å². The quantitative estimate of drug-likeness (QED) is 0.907. The van der Waals surface area contributed by atoms with Gasteiger partial charge in [0.2, 0.25) is 0 Å². The van der Waals surface area contributed by atoms with E-state index in [0.29, 0.717) is 43.2 Å². The van der Waals surface area contributed by atoms with Crippen molar-refractivity contribution in [3.05, 3.63) is 53.7 Å². The summed E-state index contributed by atoms with van der Waals surface area (Å²) in [6.07, 6.45) is 1.69. The van der Waals surface area contributed by atoms with Crippen molar-refractivity contribution >= 4 is 23.3 Å². The molecule has 1 fully saturated rings. The number of morpholine rings is 1. The van der Waals surface area contributed by atoms with Crippen molar-refractivity contribution in [2.75, 3.05) is 50.6 Å². The van der Waals surface area contributed by atoms with Crippen molar-refractivity contribution in [2.45, 2.75) is 0 Å². The third-order valence-corrected chi connectivity index (χ3v) is 4.20. The molecule has 1 saturated heterocycles. The van der Waals surface area contributed by atoms with E-state index in [1.165, 1.54) is 0 Å². The number of rotatable bonds is 4. The topological polar surface area (TPSA) is 74.8 Å². The maximum absolute atomic E-state index is 12.4. The van der Waals surface area contributed by atoms with Crippen molar-refractivity contribution in [1.29, 1.82) is 0 Å². The number of amides is 2. The summed E-state index contributed by atoms with van der Waals surface area (Å²) in [4.78, 5) is 32.7. The smallest absolute Gasteiger partial charge is 0.256 e. The number of nitrogens with zero attached hydrogens (tertiary/aromatic N) is 3. The van der Waals surface area contributed by atoms with Gasteiger partial charge >= 0.3 is 0 Å². The van der Waals surface area contributed by atoms with E-state index < -0.39 is 0 Å². The Morgan fingerprint density at radius 2 is 1.69 bits per heavy atom. The van der Waals surface area contributed by atoms with Crippen LogP contribution in [0.1, 0.15) is 20.7 Å². The predicted molar refractivity (Wildman–Crippen MR) is 99.7 cm³/mol. The Hall–Kier alpha value is -2.93. The van der Waals surface area contributed by atoms with Gasteiger partial charge in [-0.25, -0.2) is 4.98 Å². The molecule has 1 aliphatic rings. The third kappa shape index (κ3) is 4.18. The largest absolute Gasteiger partial charge is 0.378 e. The minimum atomic E-state index is -0.263. The van der Waals surface area contributed by atoms with E-state index in [-0.39, 0.29) is 11.8 Å². The summed E-state index contributed by atoms with van der Waals surface area (Å²) in [6, 6.07) is 10.3. The van der Waals surface area contributed by atoms with E-state index in [1.807, 2.05) is 25.1 Å². The van der Waals surface area contributed by atoms with Crippen molar-refractivity contribution < 1.29 is 14.3 Å². The second-order valence-corrected chi connectivity index (χ2v) is 6.23. The number of pyridine rings is 1. The van der Waals surface area contributed by atoms with Crippen LogP contribution in [0, 0.1) is 0 Å². The molecule has 0 bridgehead atoms. The lowest BCUT2D eigenvalue weighted by molar-refractivity contribution is 0.0303. The summed E-state index contributed by atoms with van der Waals surface area (Å²) in [7, 11) is 3.85. The van der Waals surface area contributed by atoms with Gasteiger partial charge in [0.05, 0.1) is 25.1 Å². The van der Waals surface area contributed by atoms with Crippen LogP contribution in [-0.4, -0.2) is 62.1 Å². The summed E-state index contributed by atoms with van der Waals surface area (Å²) < 4.78 is 5.26. The molecule has 26 heavy (non-hydrogen) atoms. The number of aromatic nitrogens is 1. The lowest BCUT2D eigenvalue weighted by atomic mass is 10.1. The molecule has 7 heteroatoms. The normalized spacial score (nSPS) is 14.0. The van der Waals surface area contributed by atoms with Crippen LogP contribution in [0.4, 0.5) is 11.5 Å². The molecule has 0 aliphatic carbocycles. The Morgan fingerprint density at radius 1 is 1.04 bits per heavy atom. The molecule has 1 aromatic carbocycles. The predicted octanol–water partition coefficient (Wildman–Crippen LogP) is 1.87. The fourth-order valence-electron chi connectivity index (χ4n) is 2.63. The molecule has 0 saturated carbocycles. The molecular formula is C19H22N4O3. The minimum absolute atomic E-state index is 0.0406. The van der Waals surface area contributed by atoms with E-state index in [0.717, 1.165) is 5.69 Å². The average molecular weight is 354 g/mol. The standard InChI is InChI=1S/C19H22N4O3/c1-22(2)16-7-8-17(20-13-16)21-18(24)14-3-5-15(6-4-14)19(25)23-9-11-26-12-10-23/h3-8,13H,9-12H2,1-2H3,(H,20,21,24). The Kier molecular flexibility index (Phi) is 5.48. The molecule has 1 N–H and O–H groups in total. The Balaban J connectivity index is 1.63. The molecule has 0 spiro atoms. The van der Waals surface area contributed by atoms with Crippen LogP contribution in [0.15, 0.2) is 42.6 Å². The van der Waals surface area contributed by atoms with E-state index >= 15 is 0 Å². The average Bonchev–Trinajstić information content (AvgIpc) is 2.68. The molecule has 1 aliphatic heterocycles. The van der Waals surface area contributed by atoms with Crippen LogP contribution < -0.4 is 10.2 Å². The Labute approximate surface area is 152 Å². The number of anilines is 2. The maximum Gasteiger partial charge on any atom is 0.256 e. The van der Waals surface area contributed by atoms with Crippen molar-refractivity contribution in [2.24, 2.45) is 0 Å². The van der Waals surface area contributed by atoms with Gasteiger partial charge in [-0.05, 0) is 36.4 Å². The second-order valence-electron chi connectivity index (χ2n) is 6.23. The summed E-state index contributed by atoms with van der Waals surface area (Å²) in [6.45, 7) is 2.31. The van der Waals surface area contributed by atoms with E-state index in [4.69, 9.17) is 4.74 Å². The first-order chi connectivity index (χ1) is 12.5. The van der Waals surface area contributed by atoms with Crippen LogP contribution in [-0.2, 0) is 4.74 Å². The van der Waals surface area contributed by atoms with Crippen LogP contribution in [0.3, 0.4) is 0 Å². The van der Waals surface area contributed by atoms with Gasteiger partial charge in [0, 0.05) is 38.3 Å². The molecule has 0 atom stereocenters. The first kappa shape index (κ1) is 17.9. The molecule has 0 unspecified atom stereocenters. The molecule has 3 rings (SSSR count). The number of carbonyl (C=O) groups excluding carboxylic acids is 2. The lowest BCUT2D eigenvalue weighted by Crippen LogP contribution is -2.40. The first-order valence-electron chi connectivity index (χ1n) is 8.46. The van der Waals surface area contributed by atoms with Gasteiger partial charge in [-0.3, -0.25) is 9.59 Å². The molecule has 2 aromatic rings. The number of ether oxygens (including phenoxy) is 1. The van der Waals surface area contributed by atoms with Gasteiger partial charge < -0.3 is 19.9 Å². The zero-order chi connectivity index (χ0) is 18.5. The Bertz CT molecular complexity index is 766. The zero-order valence-corrected chi connectivity index (χ0v) is 14.9. The highest BCUT2D eigenvalue weighted by Gasteiger charge is 2.18. The van der Waals surface area contributed by atoms with Crippen LogP contribution in [0.5, 0.6) is 0 Å². The van der Waals surface area contributed by atoms with Gasteiger partial charge in [0.25, 0.3) is 11.8 Å². The molecule has 7 nitrogen and oxygen atoms in total. The molecule has 136 valence electrons. The number of benzene rings is 1. The van der Waals surface area contributed by atoms with E-state index in [1.54, 1.807) is 41.4 Å². The molecule has 1 aromatic heterocycles. The number of carbonyl (C=O) groups is 2. The van der Waals surface area contributed by atoms with E-state index in [9.17, 15) is 9.59 Å². The van der Waals surface area contributed by atoms with Gasteiger partial charge in [0.15, 0.2) is 0 Å². The molecule has 2 amide bonds. The SMILES string of the molecule is CN(C)c1ccc(NC(=O)c2ccc(C(=O)N3CCOCC3)cc2)nc1. The maximum atomic E-state index is 12.4. The van der Waals surface area contributed by atoms with Gasteiger partial charge in [-0.2, -0.15) is 0 Å². The number of nitrogens with one attached hydrogen (secondary N) is 1. The summed E-state index contributed by atoms with van der Waals surface area (Å²) in [5.74, 6) is 0.177. The Morgan fingerprint density at radius 3 is 2.27 bits per heavy atom. The van der Waals surface area contributed by atoms with Gasteiger partial charge in [-0.15, -0.1) is 0 Å². The molecule has 2 heterocycles. The monoisotopic (exact) mass is 354 g/mol. The van der Waals surface area contributed by atoms with Crippen molar-refractivity contribution in [3.8, 4) is 0 Å². The van der Waals surface area contributed by atoms with Gasteiger partial charge in [0.1, 0.15) is 5.82 Å². The molecular weight excluding hydrogens is 332 g/mol. The van der Waals surface area contributed by atoms with Crippen molar-refractivity contribution in [3.63, 3.8) is 0 Å². The number of hydrogen-bond donors (Lipinski definition) is 1. The second kappa shape index (κ2) is 7.97. The summed E-state index contributed by atoms with van der Waals surface area (Å²) >= 11 is 0. The third-order valence-electron chi connectivity index (χ3n) is 4.20. The minimum Gasteiger partial charge on any atom is -0.378 e. The number of hydrogen-bond acceptors (Lipinski definition) is 5. The van der Waals surface area contributed by atoms with Crippen LogP contribution >= 0.6 is 0 Å². The first-order valence-corrected chi connectivity index (χ1v) is 8.46. The fraction of sp³-hybridized carbons (Fsp3) is 0.316. The zero-order valence-electron chi connectivity index (χ0n) is 14.9. The van der Waals surface area contributed by atoms with Crippen LogP contribution in [0.25, 0.3) is 0 Å². The summed E-state index contributed by atoms with van der Waals surface area (Å²) in [5, 5.41) is 2.76. The highest BCUT2D eigenvalue weighted by Crippen LogP contribution is 2.14. The highest BCUT2D eigenvalue weighted by molar-refractivity contribution is 6.04. The fourth-order valence-corrected chi connectivity index (χ4v) is 2.63. The highest BCUT2D eigenvalue weighted by atomic mass is 16.5. The van der Waals surface area contributed by atoms with Gasteiger partial charge in [-0.1, -0.05) is 0 Å². The van der Waals surface area contributed by atoms with Crippen molar-refractivity contribution in [1.82, 2.24) is 9.88 Å². The summed E-state index contributed by atoms with van der Waals surface area (Å²) in [5.41, 5.74) is 1.99. The molecule has 0 radical (unpaired) electrons. The lowest BCUT2D eigenvalue weighted by Gasteiger charge is -2.26. The van der Waals surface area contributed by atoms with Crippen LogP contribution in [0.2, 0.25) is 0 Å².